The van der Waals surface area contributed by atoms with Crippen LogP contribution in [-0.2, 0) is 33.8 Å². The lowest BCUT2D eigenvalue weighted by molar-refractivity contribution is -0.924. The number of benzene rings is 2. The van der Waals surface area contributed by atoms with E-state index in [0.29, 0.717) is 19.5 Å². The smallest absolute Gasteiger partial charge is 0.365 e. The molecule has 1 aliphatic rings. The standard InChI is InChI=1S/C21H24N2O4/c1-26-19-10-6-5-8-16(19)12-22-20(24)14-23-13-17-9-4-3-7-15(17)11-18(23)21(25)27-2/h3-10,18H,11-14H2,1-2H3,(H,22,24)/p+1/t18-/m1/s1. The molecular weight excluding hydrogens is 344 g/mol. The first-order chi connectivity index (χ1) is 13.1. The van der Waals surface area contributed by atoms with Crippen molar-refractivity contribution in [2.75, 3.05) is 20.8 Å². The van der Waals surface area contributed by atoms with Crippen molar-refractivity contribution in [3.63, 3.8) is 0 Å². The Balaban J connectivity index is 1.67. The molecule has 27 heavy (non-hydrogen) atoms. The minimum Gasteiger partial charge on any atom is -0.496 e. The zero-order valence-electron chi connectivity index (χ0n) is 15.7. The first-order valence-electron chi connectivity index (χ1n) is 9.00. The van der Waals surface area contributed by atoms with Crippen LogP contribution >= 0.6 is 0 Å². The minimum absolute atomic E-state index is 0.107. The van der Waals surface area contributed by atoms with E-state index in [4.69, 9.17) is 9.47 Å². The van der Waals surface area contributed by atoms with Gasteiger partial charge in [-0.3, -0.25) is 4.79 Å². The molecule has 3 rings (SSSR count). The molecule has 2 aromatic rings. The fourth-order valence-corrected chi connectivity index (χ4v) is 3.55. The van der Waals surface area contributed by atoms with E-state index < -0.39 is 0 Å². The van der Waals surface area contributed by atoms with Crippen LogP contribution in [0.5, 0.6) is 5.75 Å². The van der Waals surface area contributed by atoms with Crippen LogP contribution in [0, 0.1) is 0 Å². The van der Waals surface area contributed by atoms with E-state index in [2.05, 4.69) is 11.4 Å². The van der Waals surface area contributed by atoms with Gasteiger partial charge in [-0.1, -0.05) is 42.5 Å². The molecule has 0 aromatic heterocycles. The van der Waals surface area contributed by atoms with E-state index in [-0.39, 0.29) is 24.5 Å². The van der Waals surface area contributed by atoms with Crippen molar-refractivity contribution in [1.82, 2.24) is 5.32 Å². The monoisotopic (exact) mass is 369 g/mol. The number of hydrogen-bond donors (Lipinski definition) is 2. The maximum Gasteiger partial charge on any atom is 0.365 e. The predicted molar refractivity (Wildman–Crippen MR) is 100 cm³/mol. The summed E-state index contributed by atoms with van der Waals surface area (Å²) in [4.78, 5) is 25.7. The third-order valence-electron chi connectivity index (χ3n) is 4.99. The molecule has 142 valence electrons. The molecule has 0 saturated heterocycles. The van der Waals surface area contributed by atoms with Gasteiger partial charge in [0.2, 0.25) is 0 Å². The van der Waals surface area contributed by atoms with Gasteiger partial charge in [0.1, 0.15) is 12.3 Å². The molecule has 1 amide bonds. The molecule has 0 bridgehead atoms. The van der Waals surface area contributed by atoms with Crippen LogP contribution in [0.2, 0.25) is 0 Å². The molecule has 0 saturated carbocycles. The van der Waals surface area contributed by atoms with Crippen LogP contribution in [-0.4, -0.2) is 38.7 Å². The van der Waals surface area contributed by atoms with Gasteiger partial charge in [0.15, 0.2) is 12.6 Å². The first-order valence-corrected chi connectivity index (χ1v) is 9.00. The van der Waals surface area contributed by atoms with Gasteiger partial charge in [-0.2, -0.15) is 0 Å². The van der Waals surface area contributed by atoms with Gasteiger partial charge >= 0.3 is 5.97 Å². The second-order valence-corrected chi connectivity index (χ2v) is 6.65. The molecule has 1 unspecified atom stereocenters. The lowest BCUT2D eigenvalue weighted by atomic mass is 9.94. The Morgan fingerprint density at radius 3 is 2.52 bits per heavy atom. The third-order valence-corrected chi connectivity index (χ3v) is 4.99. The van der Waals surface area contributed by atoms with Crippen LogP contribution in [0.15, 0.2) is 48.5 Å². The van der Waals surface area contributed by atoms with Gasteiger partial charge < -0.3 is 19.7 Å². The van der Waals surface area contributed by atoms with E-state index >= 15 is 0 Å². The number of esters is 1. The largest absolute Gasteiger partial charge is 0.496 e. The Morgan fingerprint density at radius 1 is 1.07 bits per heavy atom. The molecular formula is C21H25N2O4+. The average molecular weight is 369 g/mol. The number of methoxy groups -OCH3 is 2. The van der Waals surface area contributed by atoms with Gasteiger partial charge in [0.25, 0.3) is 5.91 Å². The highest BCUT2D eigenvalue weighted by Crippen LogP contribution is 2.17. The topological polar surface area (TPSA) is 69.1 Å². The fourth-order valence-electron chi connectivity index (χ4n) is 3.55. The molecule has 6 heteroatoms. The second kappa shape index (κ2) is 8.68. The Kier molecular flexibility index (Phi) is 6.08. The van der Waals surface area contributed by atoms with Gasteiger partial charge in [-0.05, 0) is 11.6 Å². The summed E-state index contributed by atoms with van der Waals surface area (Å²) in [6.07, 6.45) is 0.581. The number of carbonyl (C=O) groups excluding carboxylic acids is 2. The molecule has 0 aliphatic carbocycles. The summed E-state index contributed by atoms with van der Waals surface area (Å²) in [5.74, 6) is 0.353. The summed E-state index contributed by atoms with van der Waals surface area (Å²) in [6.45, 7) is 1.22. The SMILES string of the molecule is COC(=O)[C@H]1Cc2ccccc2C[NH+]1CC(=O)NCc1ccccc1OC. The van der Waals surface area contributed by atoms with E-state index in [9.17, 15) is 9.59 Å². The van der Waals surface area contributed by atoms with Crippen LogP contribution in [0.1, 0.15) is 16.7 Å². The number of ether oxygens (including phenoxy) is 2. The summed E-state index contributed by atoms with van der Waals surface area (Å²) < 4.78 is 10.3. The van der Waals surface area contributed by atoms with Crippen molar-refractivity contribution in [3.8, 4) is 5.75 Å². The summed E-state index contributed by atoms with van der Waals surface area (Å²) in [5.41, 5.74) is 3.23. The molecule has 0 spiro atoms. The molecule has 1 heterocycles. The number of carbonyl (C=O) groups is 2. The fraction of sp³-hybridized carbons (Fsp3) is 0.333. The quantitative estimate of drug-likeness (QED) is 0.728. The Morgan fingerprint density at radius 2 is 1.78 bits per heavy atom. The summed E-state index contributed by atoms with van der Waals surface area (Å²) in [5, 5.41) is 2.93. The van der Waals surface area contributed by atoms with E-state index in [0.717, 1.165) is 21.8 Å². The lowest BCUT2D eigenvalue weighted by Gasteiger charge is -2.31. The molecule has 6 nitrogen and oxygen atoms in total. The second-order valence-electron chi connectivity index (χ2n) is 6.65. The maximum atomic E-state index is 12.5. The van der Waals surface area contributed by atoms with Crippen molar-refractivity contribution in [2.24, 2.45) is 0 Å². The van der Waals surface area contributed by atoms with Crippen molar-refractivity contribution < 1.29 is 24.0 Å². The summed E-state index contributed by atoms with van der Waals surface area (Å²) in [7, 11) is 3.00. The highest BCUT2D eigenvalue weighted by atomic mass is 16.5. The molecule has 0 radical (unpaired) electrons. The van der Waals surface area contributed by atoms with Crippen LogP contribution in [0.25, 0.3) is 0 Å². The van der Waals surface area contributed by atoms with Gasteiger partial charge in [0, 0.05) is 24.1 Å². The normalized spacial score (nSPS) is 18.3. The van der Waals surface area contributed by atoms with E-state index in [1.807, 2.05) is 42.5 Å². The van der Waals surface area contributed by atoms with Crippen molar-refractivity contribution >= 4 is 11.9 Å². The van der Waals surface area contributed by atoms with Crippen molar-refractivity contribution in [2.45, 2.75) is 25.6 Å². The molecule has 1 aliphatic heterocycles. The van der Waals surface area contributed by atoms with Gasteiger partial charge in [-0.25, -0.2) is 4.79 Å². The molecule has 0 fully saturated rings. The van der Waals surface area contributed by atoms with E-state index in [1.165, 1.54) is 12.7 Å². The highest BCUT2D eigenvalue weighted by Gasteiger charge is 2.37. The molecule has 2 aromatic carbocycles. The number of hydrogen-bond acceptors (Lipinski definition) is 4. The Bertz CT molecular complexity index is 821. The van der Waals surface area contributed by atoms with Crippen molar-refractivity contribution in [1.29, 1.82) is 0 Å². The zero-order valence-corrected chi connectivity index (χ0v) is 15.7. The number of fused-ring (bicyclic) bond motifs is 1. The van der Waals surface area contributed by atoms with Gasteiger partial charge in [-0.15, -0.1) is 0 Å². The van der Waals surface area contributed by atoms with E-state index in [1.54, 1.807) is 7.11 Å². The number of para-hydroxylation sites is 1. The maximum absolute atomic E-state index is 12.5. The average Bonchev–Trinajstić information content (AvgIpc) is 2.71. The van der Waals surface area contributed by atoms with Crippen molar-refractivity contribution in [3.05, 3.63) is 65.2 Å². The third kappa shape index (κ3) is 4.46. The summed E-state index contributed by atoms with van der Waals surface area (Å²) in [6, 6.07) is 15.2. The Labute approximate surface area is 159 Å². The predicted octanol–water partition coefficient (Wildman–Crippen LogP) is 0.494. The number of rotatable bonds is 6. The first kappa shape index (κ1) is 18.9. The number of nitrogens with one attached hydrogen (secondary N) is 2. The number of quaternary nitrogens is 1. The van der Waals surface area contributed by atoms with Gasteiger partial charge in [0.05, 0.1) is 14.2 Å². The minimum atomic E-state index is -0.373. The summed E-state index contributed by atoms with van der Waals surface area (Å²) >= 11 is 0. The van der Waals surface area contributed by atoms with Crippen LogP contribution in [0.4, 0.5) is 0 Å². The van der Waals surface area contributed by atoms with Crippen LogP contribution in [0.3, 0.4) is 0 Å². The zero-order chi connectivity index (χ0) is 19.2. The molecule has 2 N–H and O–H groups in total. The molecule has 2 atom stereocenters. The number of amides is 1. The Hall–Kier alpha value is -2.86. The highest BCUT2D eigenvalue weighted by molar-refractivity contribution is 5.78. The van der Waals surface area contributed by atoms with Crippen LogP contribution < -0.4 is 15.0 Å². The lowest BCUT2D eigenvalue weighted by Crippen LogP contribution is -3.17.